The molecule has 9 heteroatoms. The summed E-state index contributed by atoms with van der Waals surface area (Å²) in [5, 5.41) is 0. The number of benzene rings is 2. The number of halogens is 3. The lowest BCUT2D eigenvalue weighted by Crippen LogP contribution is -2.32. The number of nitrogens with zero attached hydrogens (tertiary/aromatic N) is 3. The number of unbranched alkanes of at least 4 members (excludes halogenated alkanes) is 2. The van der Waals surface area contributed by atoms with Gasteiger partial charge in [0.25, 0.3) is 0 Å². The highest BCUT2D eigenvalue weighted by Crippen LogP contribution is 2.64. The zero-order chi connectivity index (χ0) is 19.6. The van der Waals surface area contributed by atoms with Gasteiger partial charge < -0.3 is 4.90 Å². The number of rotatable bonds is 7. The third-order valence-corrected chi connectivity index (χ3v) is 6.36. The van der Waals surface area contributed by atoms with E-state index in [2.05, 4.69) is 4.90 Å². The zero-order valence-corrected chi connectivity index (χ0v) is 17.5. The van der Waals surface area contributed by atoms with E-state index in [-0.39, 0.29) is 18.1 Å². The molecule has 0 amide bonds. The largest absolute Gasteiger partial charge is 0.309 e. The van der Waals surface area contributed by atoms with Crippen LogP contribution in [0, 0.1) is 11.6 Å². The first-order valence-electron chi connectivity index (χ1n) is 8.87. The third-order valence-electron chi connectivity index (χ3n) is 4.50. The molecule has 0 aromatic heterocycles. The van der Waals surface area contributed by atoms with Gasteiger partial charge in [-0.05, 0) is 68.7 Å². The van der Waals surface area contributed by atoms with Gasteiger partial charge in [-0.25, -0.2) is 13.1 Å². The summed E-state index contributed by atoms with van der Waals surface area (Å²) in [6.07, 6.45) is 2.73. The Morgan fingerprint density at radius 2 is 1.61 bits per heavy atom. The molecule has 1 aliphatic rings. The molecule has 1 aliphatic heterocycles. The Labute approximate surface area is 172 Å². The fourth-order valence-electron chi connectivity index (χ4n) is 3.22. The minimum Gasteiger partial charge on any atom is -0.309 e. The minimum absolute atomic E-state index is 0. The number of hydrogen-bond acceptors (Lipinski definition) is 5. The van der Waals surface area contributed by atoms with Crippen molar-refractivity contribution < 1.29 is 17.9 Å². The van der Waals surface area contributed by atoms with Crippen LogP contribution in [0.15, 0.2) is 42.5 Å². The number of fused-ring (bicyclic) bond motifs is 1. The number of para-hydroxylation sites is 2. The van der Waals surface area contributed by atoms with E-state index in [1.165, 1.54) is 14.7 Å². The van der Waals surface area contributed by atoms with Crippen molar-refractivity contribution >= 4 is 40.4 Å². The van der Waals surface area contributed by atoms with Gasteiger partial charge in [-0.3, -0.25) is 13.4 Å². The topological polar surface area (TPSA) is 50.2 Å². The predicted molar refractivity (Wildman–Crippen MR) is 115 cm³/mol. The van der Waals surface area contributed by atoms with Crippen molar-refractivity contribution in [2.75, 3.05) is 35.8 Å². The summed E-state index contributed by atoms with van der Waals surface area (Å²) in [6, 6.07) is 10.1. The predicted octanol–water partition coefficient (Wildman–Crippen LogP) is 5.66. The lowest BCUT2D eigenvalue weighted by atomic mass is 10.2. The Bertz CT molecular complexity index is 810. The van der Waals surface area contributed by atoms with Crippen molar-refractivity contribution in [3.63, 3.8) is 0 Å². The summed E-state index contributed by atoms with van der Waals surface area (Å²) in [6.45, 7) is 1.41. The molecule has 156 valence electrons. The highest BCUT2D eigenvalue weighted by atomic mass is 35.5. The smallest absolute Gasteiger partial charge is 0.151 e. The van der Waals surface area contributed by atoms with Gasteiger partial charge >= 0.3 is 0 Å². The van der Waals surface area contributed by atoms with E-state index in [0.29, 0.717) is 17.9 Å². The van der Waals surface area contributed by atoms with Crippen LogP contribution < -0.4 is 8.61 Å². The fraction of sp³-hybridized carbons (Fsp3) is 0.368. The van der Waals surface area contributed by atoms with Crippen LogP contribution in [-0.2, 0) is 0 Å². The maximum Gasteiger partial charge on any atom is 0.151 e. The summed E-state index contributed by atoms with van der Waals surface area (Å²) < 4.78 is 52.3. The molecule has 0 atom stereocenters. The number of anilines is 3. The van der Waals surface area contributed by atoms with Crippen LogP contribution in [0.4, 0.5) is 25.8 Å². The molecule has 2 N–H and O–H groups in total. The molecule has 0 fully saturated rings. The second-order valence-corrected chi connectivity index (χ2v) is 8.62. The molecule has 3 rings (SSSR count). The fourth-order valence-corrected chi connectivity index (χ4v) is 5.04. The van der Waals surface area contributed by atoms with Gasteiger partial charge in [-0.15, -0.1) is 12.4 Å². The molecule has 2 aromatic rings. The molecule has 0 saturated heterocycles. The molecule has 0 saturated carbocycles. The van der Waals surface area contributed by atoms with E-state index in [9.17, 15) is 17.9 Å². The van der Waals surface area contributed by atoms with Crippen molar-refractivity contribution in [2.24, 2.45) is 0 Å². The van der Waals surface area contributed by atoms with Crippen molar-refractivity contribution in [1.82, 2.24) is 4.90 Å². The minimum atomic E-state index is -3.49. The van der Waals surface area contributed by atoms with Crippen LogP contribution in [0.1, 0.15) is 19.3 Å². The first-order valence-corrected chi connectivity index (χ1v) is 10.3. The normalized spacial score (nSPS) is 16.1. The van der Waals surface area contributed by atoms with Gasteiger partial charge in [0, 0.05) is 12.6 Å². The van der Waals surface area contributed by atoms with Crippen LogP contribution in [0.5, 0.6) is 0 Å². The van der Waals surface area contributed by atoms with E-state index in [0.717, 1.165) is 37.9 Å². The Kier molecular flexibility index (Phi) is 7.52. The quantitative estimate of drug-likeness (QED) is 0.552. The maximum absolute atomic E-state index is 14.4. The van der Waals surface area contributed by atoms with Gasteiger partial charge in [0.05, 0.1) is 11.4 Å². The number of hydrogen-bond donors (Lipinski definition) is 2. The molecule has 0 radical (unpaired) electrons. The molecule has 0 bridgehead atoms. The van der Waals surface area contributed by atoms with Crippen molar-refractivity contribution in [3.05, 3.63) is 54.1 Å². The highest BCUT2D eigenvalue weighted by molar-refractivity contribution is 8.27. The Balaban J connectivity index is 0.00000280. The lowest BCUT2D eigenvalue weighted by Gasteiger charge is -2.43. The summed E-state index contributed by atoms with van der Waals surface area (Å²) in [5.74, 6) is -1.55. The lowest BCUT2D eigenvalue weighted by molar-refractivity contribution is 0.392. The van der Waals surface area contributed by atoms with Crippen LogP contribution in [0.25, 0.3) is 0 Å². The average Bonchev–Trinajstić information content (AvgIpc) is 2.82. The van der Waals surface area contributed by atoms with Crippen LogP contribution in [0.2, 0.25) is 0 Å². The molecule has 0 aliphatic carbocycles. The van der Waals surface area contributed by atoms with Gasteiger partial charge in [-0.2, -0.15) is 0 Å². The van der Waals surface area contributed by atoms with Gasteiger partial charge in [0.15, 0.2) is 5.82 Å². The maximum atomic E-state index is 14.4. The average molecular weight is 434 g/mol. The summed E-state index contributed by atoms with van der Waals surface area (Å²) in [7, 11) is 0.548. The second kappa shape index (κ2) is 9.28. The molecular weight excluding hydrogens is 408 g/mol. The Hall–Kier alpha value is -1.58. The van der Waals surface area contributed by atoms with Crippen LogP contribution in [0.3, 0.4) is 0 Å². The molecular formula is C19H26ClF2N3O2S. The second-order valence-electron chi connectivity index (χ2n) is 6.83. The first kappa shape index (κ1) is 22.7. The van der Waals surface area contributed by atoms with Crippen molar-refractivity contribution in [2.45, 2.75) is 19.3 Å². The first-order chi connectivity index (χ1) is 12.8. The van der Waals surface area contributed by atoms with Gasteiger partial charge in [0.1, 0.15) is 11.5 Å². The van der Waals surface area contributed by atoms with E-state index < -0.39 is 22.6 Å². The van der Waals surface area contributed by atoms with E-state index in [1.54, 1.807) is 24.3 Å². The Morgan fingerprint density at radius 1 is 0.929 bits per heavy atom. The van der Waals surface area contributed by atoms with Crippen LogP contribution in [-0.4, -0.2) is 41.2 Å². The van der Waals surface area contributed by atoms with Crippen LogP contribution >= 0.6 is 23.4 Å². The third kappa shape index (κ3) is 4.52. The molecule has 0 unspecified atom stereocenters. The standard InChI is InChI=1S/C19H25F2N3O2S.ClH/c1-22(2)12-6-3-7-13-23-18-8-4-5-9-19(18)24(27(23,25)26)17-11-10-15(20)14-16(17)21;/h4-5,8-11,14,25-26H,3,6-7,12-13H2,1-2H3;1H. The molecule has 5 nitrogen and oxygen atoms in total. The van der Waals surface area contributed by atoms with Gasteiger partial charge in [-0.1, -0.05) is 18.6 Å². The zero-order valence-electron chi connectivity index (χ0n) is 15.9. The summed E-state index contributed by atoms with van der Waals surface area (Å²) >= 11 is 0. The van der Waals surface area contributed by atoms with Gasteiger partial charge in [0.2, 0.25) is 0 Å². The molecule has 1 heterocycles. The van der Waals surface area contributed by atoms with E-state index in [4.69, 9.17) is 0 Å². The van der Waals surface area contributed by atoms with E-state index in [1.807, 2.05) is 14.1 Å². The molecule has 2 aromatic carbocycles. The molecule has 28 heavy (non-hydrogen) atoms. The monoisotopic (exact) mass is 433 g/mol. The summed E-state index contributed by atoms with van der Waals surface area (Å²) in [5.41, 5.74) is 1.07. The van der Waals surface area contributed by atoms with Crippen molar-refractivity contribution in [1.29, 1.82) is 0 Å². The molecule has 0 spiro atoms. The Morgan fingerprint density at radius 3 is 2.25 bits per heavy atom. The highest BCUT2D eigenvalue weighted by Gasteiger charge is 2.42. The SMILES string of the molecule is CN(C)CCCCCN1c2ccccc2N(c2ccc(F)cc2F)S1(O)O.Cl. The van der Waals surface area contributed by atoms with E-state index >= 15 is 0 Å². The summed E-state index contributed by atoms with van der Waals surface area (Å²) in [4.78, 5) is 2.11. The van der Waals surface area contributed by atoms with Crippen molar-refractivity contribution in [3.8, 4) is 0 Å².